The van der Waals surface area contributed by atoms with Crippen molar-refractivity contribution in [3.63, 3.8) is 0 Å². The Kier molecular flexibility index (Phi) is 5.31. The van der Waals surface area contributed by atoms with Gasteiger partial charge in [0, 0.05) is 23.5 Å². The summed E-state index contributed by atoms with van der Waals surface area (Å²) >= 11 is 0. The maximum Gasteiger partial charge on any atom is 0.250 e. The van der Waals surface area contributed by atoms with Gasteiger partial charge in [-0.15, -0.1) is 0 Å². The predicted molar refractivity (Wildman–Crippen MR) is 109 cm³/mol. The molecular formula is C22H26N4O. The molecule has 2 aromatic carbocycles. The van der Waals surface area contributed by atoms with Crippen LogP contribution >= 0.6 is 0 Å². The monoisotopic (exact) mass is 362 g/mol. The molecule has 5 nitrogen and oxygen atoms in total. The largest absolute Gasteiger partial charge is 0.368 e. The highest BCUT2D eigenvalue weighted by atomic mass is 16.2. The number of amides is 1. The van der Waals surface area contributed by atoms with Crippen molar-refractivity contribution in [2.24, 2.45) is 0 Å². The number of anilines is 1. The SMILES string of the molecule is Cc1ccc(N[C@@](C)(C(=O)NCc2c(C)n[nH]c2C)c2ccccc2)cc1. The van der Waals surface area contributed by atoms with Crippen molar-refractivity contribution in [2.75, 3.05) is 5.32 Å². The molecule has 3 N–H and O–H groups in total. The Hall–Kier alpha value is -3.08. The highest BCUT2D eigenvalue weighted by molar-refractivity contribution is 5.90. The molecule has 3 aromatic rings. The molecule has 0 unspecified atom stereocenters. The molecule has 0 aliphatic rings. The van der Waals surface area contributed by atoms with Crippen LogP contribution in [0.1, 0.15) is 35.0 Å². The lowest BCUT2D eigenvalue weighted by atomic mass is 9.90. The average Bonchev–Trinajstić information content (AvgIpc) is 3.00. The quantitative estimate of drug-likeness (QED) is 0.621. The molecule has 0 bridgehead atoms. The summed E-state index contributed by atoms with van der Waals surface area (Å²) in [5.41, 5.74) is 4.98. The first-order chi connectivity index (χ1) is 12.9. The second-order valence-corrected chi connectivity index (χ2v) is 7.08. The summed E-state index contributed by atoms with van der Waals surface area (Å²) in [5, 5.41) is 13.7. The van der Waals surface area contributed by atoms with Gasteiger partial charge in [-0.2, -0.15) is 5.10 Å². The highest BCUT2D eigenvalue weighted by Crippen LogP contribution is 2.27. The van der Waals surface area contributed by atoms with Crippen molar-refractivity contribution in [3.05, 3.63) is 82.7 Å². The second-order valence-electron chi connectivity index (χ2n) is 7.08. The van der Waals surface area contributed by atoms with E-state index in [1.54, 1.807) is 0 Å². The summed E-state index contributed by atoms with van der Waals surface area (Å²) in [6.45, 7) is 8.29. The molecule has 0 radical (unpaired) electrons. The molecule has 0 saturated heterocycles. The van der Waals surface area contributed by atoms with Crippen molar-refractivity contribution in [3.8, 4) is 0 Å². The minimum atomic E-state index is -0.901. The molecular weight excluding hydrogens is 336 g/mol. The Bertz CT molecular complexity index is 896. The van der Waals surface area contributed by atoms with Crippen LogP contribution in [0.2, 0.25) is 0 Å². The van der Waals surface area contributed by atoms with Gasteiger partial charge in [0.1, 0.15) is 5.54 Å². The third kappa shape index (κ3) is 4.03. The third-order valence-corrected chi connectivity index (χ3v) is 4.96. The van der Waals surface area contributed by atoms with Gasteiger partial charge in [0.05, 0.1) is 5.69 Å². The van der Waals surface area contributed by atoms with E-state index < -0.39 is 5.54 Å². The van der Waals surface area contributed by atoms with Crippen LogP contribution < -0.4 is 10.6 Å². The van der Waals surface area contributed by atoms with E-state index in [4.69, 9.17) is 0 Å². The summed E-state index contributed by atoms with van der Waals surface area (Å²) in [4.78, 5) is 13.3. The molecule has 1 heterocycles. The Morgan fingerprint density at radius 2 is 1.70 bits per heavy atom. The van der Waals surface area contributed by atoms with Crippen LogP contribution in [0.25, 0.3) is 0 Å². The highest BCUT2D eigenvalue weighted by Gasteiger charge is 2.35. The zero-order valence-corrected chi connectivity index (χ0v) is 16.3. The van der Waals surface area contributed by atoms with E-state index >= 15 is 0 Å². The fraction of sp³-hybridized carbons (Fsp3) is 0.273. The number of aromatic amines is 1. The van der Waals surface area contributed by atoms with Crippen LogP contribution in [0.4, 0.5) is 5.69 Å². The van der Waals surface area contributed by atoms with Gasteiger partial charge in [-0.05, 0) is 45.4 Å². The molecule has 0 fully saturated rings. The second kappa shape index (κ2) is 7.66. The van der Waals surface area contributed by atoms with Crippen LogP contribution in [-0.2, 0) is 16.9 Å². The number of hydrogen-bond acceptors (Lipinski definition) is 3. The van der Waals surface area contributed by atoms with Crippen molar-refractivity contribution >= 4 is 11.6 Å². The third-order valence-electron chi connectivity index (χ3n) is 4.96. The zero-order valence-electron chi connectivity index (χ0n) is 16.3. The van der Waals surface area contributed by atoms with Crippen LogP contribution in [0, 0.1) is 20.8 Å². The standard InChI is InChI=1S/C22H26N4O/c1-15-10-12-19(13-11-15)24-22(4,18-8-6-5-7-9-18)21(27)23-14-20-16(2)25-26-17(20)3/h5-13,24H,14H2,1-4H3,(H,23,27)(H,25,26)/t22-/m1/s1. The zero-order chi connectivity index (χ0) is 19.4. The van der Waals surface area contributed by atoms with E-state index in [1.807, 2.05) is 82.3 Å². The molecule has 27 heavy (non-hydrogen) atoms. The van der Waals surface area contributed by atoms with Crippen LogP contribution in [0.15, 0.2) is 54.6 Å². The Morgan fingerprint density at radius 3 is 2.30 bits per heavy atom. The van der Waals surface area contributed by atoms with E-state index in [0.29, 0.717) is 6.54 Å². The molecule has 0 spiro atoms. The molecule has 1 amide bonds. The fourth-order valence-corrected chi connectivity index (χ4v) is 3.14. The minimum Gasteiger partial charge on any atom is -0.368 e. The molecule has 0 aliphatic heterocycles. The molecule has 1 atom stereocenters. The first-order valence-electron chi connectivity index (χ1n) is 9.09. The lowest BCUT2D eigenvalue weighted by Crippen LogP contribution is -2.47. The number of rotatable bonds is 6. The molecule has 0 saturated carbocycles. The molecule has 0 aliphatic carbocycles. The number of H-pyrrole nitrogens is 1. The van der Waals surface area contributed by atoms with Gasteiger partial charge in [0.25, 0.3) is 0 Å². The van der Waals surface area contributed by atoms with Crippen molar-refractivity contribution in [1.29, 1.82) is 0 Å². The summed E-state index contributed by atoms with van der Waals surface area (Å²) in [5.74, 6) is -0.0886. The summed E-state index contributed by atoms with van der Waals surface area (Å²) in [6, 6.07) is 17.8. The number of carbonyl (C=O) groups is 1. The van der Waals surface area contributed by atoms with Crippen LogP contribution in [0.3, 0.4) is 0 Å². The molecule has 3 rings (SSSR count). The van der Waals surface area contributed by atoms with Gasteiger partial charge >= 0.3 is 0 Å². The van der Waals surface area contributed by atoms with E-state index in [9.17, 15) is 4.79 Å². The molecule has 1 aromatic heterocycles. The molecule has 5 heteroatoms. The van der Waals surface area contributed by atoms with Gasteiger partial charge in [-0.3, -0.25) is 9.89 Å². The predicted octanol–water partition coefficient (Wildman–Crippen LogP) is 3.98. The number of nitrogens with one attached hydrogen (secondary N) is 3. The van der Waals surface area contributed by atoms with Crippen LogP contribution in [0.5, 0.6) is 0 Å². The maximum atomic E-state index is 13.3. The van der Waals surface area contributed by atoms with Gasteiger partial charge in [0.15, 0.2) is 0 Å². The van der Waals surface area contributed by atoms with E-state index in [1.165, 1.54) is 5.56 Å². The summed E-state index contributed by atoms with van der Waals surface area (Å²) in [6.07, 6.45) is 0. The number of aryl methyl sites for hydroxylation is 3. The van der Waals surface area contributed by atoms with Gasteiger partial charge < -0.3 is 10.6 Å². The number of nitrogens with zero attached hydrogens (tertiary/aromatic N) is 1. The van der Waals surface area contributed by atoms with Gasteiger partial charge in [-0.1, -0.05) is 48.0 Å². The lowest BCUT2D eigenvalue weighted by molar-refractivity contribution is -0.125. The maximum absolute atomic E-state index is 13.3. The number of hydrogen-bond donors (Lipinski definition) is 3. The molecule has 140 valence electrons. The Morgan fingerprint density at radius 1 is 1.04 bits per heavy atom. The first kappa shape index (κ1) is 18.7. The van der Waals surface area contributed by atoms with Crippen molar-refractivity contribution < 1.29 is 4.79 Å². The summed E-state index contributed by atoms with van der Waals surface area (Å²) < 4.78 is 0. The van der Waals surface area contributed by atoms with E-state index in [2.05, 4.69) is 20.8 Å². The number of benzene rings is 2. The average molecular weight is 362 g/mol. The van der Waals surface area contributed by atoms with E-state index in [0.717, 1.165) is 28.2 Å². The smallest absolute Gasteiger partial charge is 0.250 e. The lowest BCUT2D eigenvalue weighted by Gasteiger charge is -2.31. The Balaban J connectivity index is 1.87. The van der Waals surface area contributed by atoms with E-state index in [-0.39, 0.29) is 5.91 Å². The minimum absolute atomic E-state index is 0.0886. The number of carbonyl (C=O) groups excluding carboxylic acids is 1. The first-order valence-corrected chi connectivity index (χ1v) is 9.09. The van der Waals surface area contributed by atoms with Gasteiger partial charge in [0.2, 0.25) is 5.91 Å². The van der Waals surface area contributed by atoms with Crippen molar-refractivity contribution in [1.82, 2.24) is 15.5 Å². The summed E-state index contributed by atoms with van der Waals surface area (Å²) in [7, 11) is 0. The Labute approximate surface area is 160 Å². The fourth-order valence-electron chi connectivity index (χ4n) is 3.14. The topological polar surface area (TPSA) is 69.8 Å². The van der Waals surface area contributed by atoms with Crippen LogP contribution in [-0.4, -0.2) is 16.1 Å². The van der Waals surface area contributed by atoms with Crippen molar-refractivity contribution in [2.45, 2.75) is 39.8 Å². The van der Waals surface area contributed by atoms with Gasteiger partial charge in [-0.25, -0.2) is 0 Å². The normalized spacial score (nSPS) is 13.0. The number of aromatic nitrogens is 2.